The number of carbonyl (C=O) groups excluding carboxylic acids is 2. The zero-order valence-corrected chi connectivity index (χ0v) is 26.9. The summed E-state index contributed by atoms with van der Waals surface area (Å²) in [6.45, 7) is 8.63. The Balaban J connectivity index is 1.02. The van der Waals surface area contributed by atoms with Crippen molar-refractivity contribution in [3.8, 4) is 5.75 Å². The Morgan fingerprint density at radius 1 is 0.977 bits per heavy atom. The van der Waals surface area contributed by atoms with E-state index in [1.165, 1.54) is 5.56 Å². The summed E-state index contributed by atoms with van der Waals surface area (Å²) < 4.78 is 16.9. The number of nitrogens with zero attached hydrogens (tertiary/aromatic N) is 3. The van der Waals surface area contributed by atoms with Gasteiger partial charge in [0.2, 0.25) is 5.78 Å². The van der Waals surface area contributed by atoms with E-state index in [-0.39, 0.29) is 11.9 Å². The Morgan fingerprint density at radius 2 is 1.73 bits per heavy atom. The van der Waals surface area contributed by atoms with Gasteiger partial charge in [0.1, 0.15) is 11.4 Å². The van der Waals surface area contributed by atoms with E-state index in [1.54, 1.807) is 11.3 Å². The first-order valence-electron chi connectivity index (χ1n) is 15.5. The van der Waals surface area contributed by atoms with Crippen molar-refractivity contribution < 1.29 is 19.1 Å². The number of hydrogen-bond donors (Lipinski definition) is 0. The minimum absolute atomic E-state index is 0.0564. The van der Waals surface area contributed by atoms with Crippen LogP contribution in [-0.4, -0.2) is 51.2 Å². The van der Waals surface area contributed by atoms with Crippen molar-refractivity contribution >= 4 is 44.3 Å². The fraction of sp³-hybridized carbons (Fsp3) is 0.389. The first-order chi connectivity index (χ1) is 21.2. The van der Waals surface area contributed by atoms with Gasteiger partial charge in [-0.05, 0) is 93.6 Å². The topological polar surface area (TPSA) is 65.7 Å². The molecule has 2 aromatic carbocycles. The number of ketones is 1. The van der Waals surface area contributed by atoms with Crippen LogP contribution in [0.2, 0.25) is 0 Å². The molecule has 0 atom stereocenters. The van der Waals surface area contributed by atoms with Crippen molar-refractivity contribution in [3.05, 3.63) is 89.1 Å². The smallest absolute Gasteiger partial charge is 0.410 e. The lowest BCUT2D eigenvalue weighted by Gasteiger charge is -2.33. The van der Waals surface area contributed by atoms with Crippen LogP contribution in [0.4, 0.5) is 4.79 Å². The van der Waals surface area contributed by atoms with E-state index in [9.17, 15) is 9.59 Å². The number of rotatable bonds is 9. The third-order valence-electron chi connectivity index (χ3n) is 8.56. The van der Waals surface area contributed by atoms with Crippen LogP contribution in [0.15, 0.2) is 72.2 Å². The number of carbonyl (C=O) groups is 2. The van der Waals surface area contributed by atoms with Crippen LogP contribution in [-0.2, 0) is 24.8 Å². The van der Waals surface area contributed by atoms with Gasteiger partial charge in [-0.15, -0.1) is 11.3 Å². The Hall–Kier alpha value is -4.04. The number of aromatic nitrogens is 2. The highest BCUT2D eigenvalue weighted by atomic mass is 32.1. The van der Waals surface area contributed by atoms with Gasteiger partial charge in [-0.2, -0.15) is 0 Å². The van der Waals surface area contributed by atoms with Crippen molar-refractivity contribution in [2.45, 2.75) is 58.6 Å². The normalized spacial score (nSPS) is 14.4. The second kappa shape index (κ2) is 12.5. The highest BCUT2D eigenvalue weighted by Crippen LogP contribution is 2.29. The van der Waals surface area contributed by atoms with Crippen LogP contribution in [0.5, 0.6) is 5.75 Å². The Bertz CT molecular complexity index is 1760. The average molecular weight is 612 g/mol. The summed E-state index contributed by atoms with van der Waals surface area (Å²) >= 11 is 1.66. The average Bonchev–Trinajstić information content (AvgIpc) is 3.71. The first kappa shape index (κ1) is 30.0. The van der Waals surface area contributed by atoms with Gasteiger partial charge in [0.25, 0.3) is 0 Å². The second-order valence-electron chi connectivity index (χ2n) is 12.8. The van der Waals surface area contributed by atoms with E-state index in [1.807, 2.05) is 79.9 Å². The first-order valence-corrected chi connectivity index (χ1v) is 16.4. The molecule has 6 rings (SSSR count). The number of aryl methyl sites for hydroxylation is 3. The van der Waals surface area contributed by atoms with Crippen LogP contribution in [0, 0.1) is 5.92 Å². The number of benzene rings is 2. The molecular weight excluding hydrogens is 570 g/mol. The van der Waals surface area contributed by atoms with Gasteiger partial charge >= 0.3 is 6.09 Å². The van der Waals surface area contributed by atoms with Crippen LogP contribution in [0.1, 0.15) is 61.6 Å². The molecule has 8 heteroatoms. The van der Waals surface area contributed by atoms with E-state index in [2.05, 4.69) is 34.2 Å². The highest BCUT2D eigenvalue weighted by molar-refractivity contribution is 7.17. The molecule has 3 aromatic heterocycles. The summed E-state index contributed by atoms with van der Waals surface area (Å²) in [6, 6.07) is 20.6. The number of fused-ring (bicyclic) bond motifs is 2. The summed E-state index contributed by atoms with van der Waals surface area (Å²) in [5.41, 5.74) is 4.39. The summed E-state index contributed by atoms with van der Waals surface area (Å²) in [6.07, 6.45) is 5.59. The summed E-state index contributed by atoms with van der Waals surface area (Å²) in [5.74, 6) is 1.49. The van der Waals surface area contributed by atoms with Crippen LogP contribution < -0.4 is 4.74 Å². The van der Waals surface area contributed by atoms with Gasteiger partial charge in [-0.3, -0.25) is 4.79 Å². The third kappa shape index (κ3) is 6.55. The molecule has 230 valence electrons. The van der Waals surface area contributed by atoms with Crippen molar-refractivity contribution in [2.24, 2.45) is 13.0 Å². The molecule has 4 heterocycles. The molecule has 0 saturated carbocycles. The maximum atomic E-state index is 13.7. The van der Waals surface area contributed by atoms with Gasteiger partial charge < -0.3 is 23.5 Å². The molecule has 0 aliphatic carbocycles. The van der Waals surface area contributed by atoms with Gasteiger partial charge in [0.05, 0.1) is 22.5 Å². The Morgan fingerprint density at radius 3 is 2.45 bits per heavy atom. The van der Waals surface area contributed by atoms with Crippen LogP contribution in [0.3, 0.4) is 0 Å². The van der Waals surface area contributed by atoms with E-state index in [4.69, 9.17) is 9.47 Å². The molecule has 44 heavy (non-hydrogen) atoms. The molecule has 1 saturated heterocycles. The lowest BCUT2D eigenvalue weighted by atomic mass is 9.94. The quantitative estimate of drug-likeness (QED) is 0.158. The van der Waals surface area contributed by atoms with E-state index in [0.29, 0.717) is 12.5 Å². The SMILES string of the molecule is Cn1c(C(=O)c2cn(CCc3ccc(OCCC4CCN(C(=O)OC(C)(C)C)CC4)cc3)c3ccccc23)cc2sccc21. The lowest BCUT2D eigenvalue weighted by molar-refractivity contribution is 0.0177. The molecule has 0 bridgehead atoms. The monoisotopic (exact) mass is 611 g/mol. The molecule has 0 unspecified atom stereocenters. The molecule has 0 radical (unpaired) electrons. The number of piperidine rings is 1. The van der Waals surface area contributed by atoms with E-state index in [0.717, 1.165) is 83.4 Å². The molecule has 0 N–H and O–H groups in total. The van der Waals surface area contributed by atoms with Gasteiger partial charge in [-0.25, -0.2) is 4.79 Å². The van der Waals surface area contributed by atoms with E-state index >= 15 is 0 Å². The van der Waals surface area contributed by atoms with Gasteiger partial charge in [-0.1, -0.05) is 30.3 Å². The van der Waals surface area contributed by atoms with Gasteiger partial charge in [0.15, 0.2) is 0 Å². The zero-order valence-electron chi connectivity index (χ0n) is 26.0. The molecular formula is C36H41N3O4S. The zero-order chi connectivity index (χ0) is 30.8. The number of thiophene rings is 1. The number of amides is 1. The Kier molecular flexibility index (Phi) is 8.54. The van der Waals surface area contributed by atoms with Crippen molar-refractivity contribution in [2.75, 3.05) is 19.7 Å². The molecule has 1 fully saturated rings. The minimum atomic E-state index is -0.460. The standard InChI is InChI=1S/C36H41N3O4S/c1-36(2,3)43-35(41)38-18-13-26(14-19-38)16-21-42-27-11-9-25(10-12-27)15-20-39-24-29(28-7-5-6-8-30(28)39)34(40)32-23-33-31(37(32)4)17-22-44-33/h5-12,17,22-24,26H,13-16,18-21H2,1-4H3. The maximum absolute atomic E-state index is 13.7. The predicted molar refractivity (Wildman–Crippen MR) is 177 cm³/mol. The molecule has 7 nitrogen and oxygen atoms in total. The Labute approximate surface area is 263 Å². The van der Waals surface area contributed by atoms with Crippen molar-refractivity contribution in [3.63, 3.8) is 0 Å². The van der Waals surface area contributed by atoms with Crippen LogP contribution >= 0.6 is 11.3 Å². The number of hydrogen-bond acceptors (Lipinski definition) is 5. The summed E-state index contributed by atoms with van der Waals surface area (Å²) in [7, 11) is 1.96. The molecule has 1 amide bonds. The fourth-order valence-corrected chi connectivity index (χ4v) is 6.94. The lowest BCUT2D eigenvalue weighted by Crippen LogP contribution is -2.41. The van der Waals surface area contributed by atoms with Gasteiger partial charge in [0, 0.05) is 49.3 Å². The van der Waals surface area contributed by atoms with E-state index < -0.39 is 5.60 Å². The molecule has 5 aromatic rings. The summed E-state index contributed by atoms with van der Waals surface area (Å²) in [5, 5.41) is 3.05. The largest absolute Gasteiger partial charge is 0.494 e. The molecule has 0 spiro atoms. The maximum Gasteiger partial charge on any atom is 0.410 e. The fourth-order valence-electron chi connectivity index (χ4n) is 6.09. The van der Waals surface area contributed by atoms with Crippen LogP contribution in [0.25, 0.3) is 21.1 Å². The highest BCUT2D eigenvalue weighted by Gasteiger charge is 2.27. The van der Waals surface area contributed by atoms with Crippen molar-refractivity contribution in [1.29, 1.82) is 0 Å². The predicted octanol–water partition coefficient (Wildman–Crippen LogP) is 8.08. The molecule has 1 aliphatic rings. The molecule has 1 aliphatic heterocycles. The second-order valence-corrected chi connectivity index (χ2v) is 13.7. The van der Waals surface area contributed by atoms with Crippen molar-refractivity contribution in [1.82, 2.24) is 14.0 Å². The number of ether oxygens (including phenoxy) is 2. The number of likely N-dealkylation sites (tertiary alicyclic amines) is 1. The third-order valence-corrected chi connectivity index (χ3v) is 9.41. The minimum Gasteiger partial charge on any atom is -0.494 e. The number of para-hydroxylation sites is 1. The summed E-state index contributed by atoms with van der Waals surface area (Å²) in [4.78, 5) is 27.8.